The van der Waals surface area contributed by atoms with Gasteiger partial charge in [0.1, 0.15) is 5.82 Å². The highest BCUT2D eigenvalue weighted by molar-refractivity contribution is 5.80. The molecule has 1 heterocycles. The van der Waals surface area contributed by atoms with Crippen LogP contribution < -0.4 is 16.1 Å². The van der Waals surface area contributed by atoms with E-state index in [0.717, 1.165) is 16.9 Å². The van der Waals surface area contributed by atoms with Gasteiger partial charge in [0.15, 0.2) is 0 Å². The molecule has 3 N–H and O–H groups in total. The van der Waals surface area contributed by atoms with Gasteiger partial charge in [-0.25, -0.2) is 9.82 Å². The molecular weight excluding hydrogens is 405 g/mol. The van der Waals surface area contributed by atoms with Crippen molar-refractivity contribution in [3.63, 3.8) is 0 Å². The van der Waals surface area contributed by atoms with Gasteiger partial charge in [-0.1, -0.05) is 54.1 Å². The van der Waals surface area contributed by atoms with E-state index in [2.05, 4.69) is 42.2 Å². The molecule has 0 aliphatic heterocycles. The molecule has 0 aliphatic rings. The summed E-state index contributed by atoms with van der Waals surface area (Å²) in [6.45, 7) is 4.05. The number of nitrogens with zero attached hydrogens (tertiary/aromatic N) is 4. The Balaban J connectivity index is 1.61. The topological polar surface area (TPSA) is 87.1 Å². The molecule has 0 atom stereocenters. The van der Waals surface area contributed by atoms with Gasteiger partial charge in [0.05, 0.1) is 6.21 Å². The predicted octanol–water partition coefficient (Wildman–Crippen LogP) is 5.56. The highest BCUT2D eigenvalue weighted by Crippen LogP contribution is 2.22. The van der Waals surface area contributed by atoms with Gasteiger partial charge < -0.3 is 10.6 Å². The molecule has 4 aromatic rings. The predicted molar refractivity (Wildman–Crippen MR) is 126 cm³/mol. The Labute approximate surface area is 185 Å². The zero-order chi connectivity index (χ0) is 22.3. The number of anilines is 5. The molecular formula is C24H22FN7. The van der Waals surface area contributed by atoms with Gasteiger partial charge in [0.2, 0.25) is 17.8 Å². The summed E-state index contributed by atoms with van der Waals surface area (Å²) in [6.07, 6.45) is 1.38. The van der Waals surface area contributed by atoms with E-state index in [-0.39, 0.29) is 11.8 Å². The Bertz CT molecular complexity index is 1240. The lowest BCUT2D eigenvalue weighted by Gasteiger charge is -2.12. The van der Waals surface area contributed by atoms with Gasteiger partial charge in [-0.2, -0.15) is 20.1 Å². The van der Waals surface area contributed by atoms with E-state index in [1.165, 1.54) is 17.8 Å². The van der Waals surface area contributed by atoms with Crippen LogP contribution in [0.15, 0.2) is 77.9 Å². The second-order valence-electron chi connectivity index (χ2n) is 7.13. The van der Waals surface area contributed by atoms with Crippen LogP contribution >= 0.6 is 0 Å². The van der Waals surface area contributed by atoms with Crippen LogP contribution in [0.25, 0.3) is 0 Å². The number of aromatic nitrogens is 3. The van der Waals surface area contributed by atoms with Crippen LogP contribution in [0.5, 0.6) is 0 Å². The minimum atomic E-state index is -0.364. The van der Waals surface area contributed by atoms with Crippen molar-refractivity contribution >= 4 is 35.4 Å². The Kier molecular flexibility index (Phi) is 6.31. The fraction of sp³-hybridized carbons (Fsp3) is 0.0833. The van der Waals surface area contributed by atoms with E-state index < -0.39 is 0 Å². The van der Waals surface area contributed by atoms with E-state index in [9.17, 15) is 4.39 Å². The van der Waals surface area contributed by atoms with Crippen LogP contribution in [0, 0.1) is 19.7 Å². The standard InChI is InChI=1S/C24H22FN7/c1-16-12-13-21(17(2)14-16)28-23-29-22(27-19-9-4-3-5-10-19)30-24(31-23)32-26-15-18-8-6-7-11-20(18)25/h3-15H,1-2H3,(H3,27,28,29,30,31,32)/b26-15+. The summed E-state index contributed by atoms with van der Waals surface area (Å²) >= 11 is 0. The molecule has 3 aromatic carbocycles. The van der Waals surface area contributed by atoms with Crippen LogP contribution in [0.4, 0.5) is 33.6 Å². The molecule has 0 spiro atoms. The van der Waals surface area contributed by atoms with E-state index >= 15 is 0 Å². The number of halogens is 1. The van der Waals surface area contributed by atoms with Crippen LogP contribution in [0.3, 0.4) is 0 Å². The third-order valence-corrected chi connectivity index (χ3v) is 4.57. The first-order chi connectivity index (χ1) is 15.6. The molecule has 8 heteroatoms. The zero-order valence-electron chi connectivity index (χ0n) is 17.7. The molecule has 0 saturated carbocycles. The minimum Gasteiger partial charge on any atom is -0.324 e. The quantitative estimate of drug-likeness (QED) is 0.264. The van der Waals surface area contributed by atoms with Gasteiger partial charge in [0, 0.05) is 16.9 Å². The van der Waals surface area contributed by atoms with E-state index in [1.54, 1.807) is 18.2 Å². The molecule has 0 saturated heterocycles. The molecule has 32 heavy (non-hydrogen) atoms. The normalized spacial score (nSPS) is 10.8. The van der Waals surface area contributed by atoms with Crippen molar-refractivity contribution in [2.75, 3.05) is 16.1 Å². The van der Waals surface area contributed by atoms with Crippen LogP contribution in [-0.2, 0) is 0 Å². The molecule has 0 aliphatic carbocycles. The Morgan fingerprint density at radius 3 is 2.22 bits per heavy atom. The van der Waals surface area contributed by atoms with Gasteiger partial charge in [-0.15, -0.1) is 0 Å². The number of para-hydroxylation sites is 1. The lowest BCUT2D eigenvalue weighted by Crippen LogP contribution is -2.07. The van der Waals surface area contributed by atoms with E-state index in [4.69, 9.17) is 0 Å². The fourth-order valence-electron chi connectivity index (χ4n) is 3.00. The van der Waals surface area contributed by atoms with Crippen molar-refractivity contribution in [3.8, 4) is 0 Å². The molecule has 0 radical (unpaired) electrons. The summed E-state index contributed by atoms with van der Waals surface area (Å²) in [4.78, 5) is 13.2. The summed E-state index contributed by atoms with van der Waals surface area (Å²) in [5, 5.41) is 10.5. The van der Waals surface area contributed by atoms with Crippen molar-refractivity contribution in [2.24, 2.45) is 5.10 Å². The van der Waals surface area contributed by atoms with E-state index in [1.807, 2.05) is 56.3 Å². The molecule has 7 nitrogen and oxygen atoms in total. The summed E-state index contributed by atoms with van der Waals surface area (Å²) in [7, 11) is 0. The molecule has 160 valence electrons. The maximum Gasteiger partial charge on any atom is 0.250 e. The number of benzene rings is 3. The highest BCUT2D eigenvalue weighted by Gasteiger charge is 2.09. The van der Waals surface area contributed by atoms with Gasteiger partial charge in [-0.05, 0) is 43.7 Å². The summed E-state index contributed by atoms with van der Waals surface area (Å²) < 4.78 is 13.8. The van der Waals surface area contributed by atoms with Crippen molar-refractivity contribution < 1.29 is 4.39 Å². The molecule has 1 aromatic heterocycles. The number of rotatable bonds is 7. The summed E-state index contributed by atoms with van der Waals surface area (Å²) in [5.41, 5.74) is 7.05. The molecule has 4 rings (SSSR count). The van der Waals surface area contributed by atoms with Crippen LogP contribution in [0.2, 0.25) is 0 Å². The largest absolute Gasteiger partial charge is 0.324 e. The van der Waals surface area contributed by atoms with Gasteiger partial charge >= 0.3 is 0 Å². The van der Waals surface area contributed by atoms with Crippen molar-refractivity contribution in [2.45, 2.75) is 13.8 Å². The summed E-state index contributed by atoms with van der Waals surface area (Å²) in [5.74, 6) is 0.520. The lowest BCUT2D eigenvalue weighted by atomic mass is 10.1. The highest BCUT2D eigenvalue weighted by atomic mass is 19.1. The average Bonchev–Trinajstić information content (AvgIpc) is 2.78. The molecule has 0 amide bonds. The number of nitrogens with one attached hydrogen (secondary N) is 3. The maximum atomic E-state index is 13.8. The maximum absolute atomic E-state index is 13.8. The number of hydrogen-bond acceptors (Lipinski definition) is 7. The average molecular weight is 427 g/mol. The van der Waals surface area contributed by atoms with Crippen molar-refractivity contribution in [1.29, 1.82) is 0 Å². The van der Waals surface area contributed by atoms with Gasteiger partial charge in [0.25, 0.3) is 0 Å². The zero-order valence-corrected chi connectivity index (χ0v) is 17.7. The van der Waals surface area contributed by atoms with Crippen LogP contribution in [0.1, 0.15) is 16.7 Å². The Morgan fingerprint density at radius 2 is 1.47 bits per heavy atom. The number of aryl methyl sites for hydroxylation is 2. The third-order valence-electron chi connectivity index (χ3n) is 4.57. The molecule has 0 bridgehead atoms. The Morgan fingerprint density at radius 1 is 0.781 bits per heavy atom. The second kappa shape index (κ2) is 9.65. The molecule has 0 fully saturated rings. The minimum absolute atomic E-state index is 0.207. The molecule has 0 unspecified atom stereocenters. The lowest BCUT2D eigenvalue weighted by molar-refractivity contribution is 0.626. The number of hydrazone groups is 1. The van der Waals surface area contributed by atoms with Crippen LogP contribution in [-0.4, -0.2) is 21.2 Å². The van der Waals surface area contributed by atoms with Crippen molar-refractivity contribution in [1.82, 2.24) is 15.0 Å². The Hall–Kier alpha value is -4.33. The van der Waals surface area contributed by atoms with E-state index in [0.29, 0.717) is 17.5 Å². The van der Waals surface area contributed by atoms with Gasteiger partial charge in [-0.3, -0.25) is 0 Å². The first-order valence-corrected chi connectivity index (χ1v) is 10.0. The monoisotopic (exact) mass is 427 g/mol. The SMILES string of the molecule is Cc1ccc(Nc2nc(N/N=C/c3ccccc3F)nc(Nc3ccccc3)n2)c(C)c1. The second-order valence-corrected chi connectivity index (χ2v) is 7.13. The third kappa shape index (κ3) is 5.42. The smallest absolute Gasteiger partial charge is 0.250 e. The first kappa shape index (κ1) is 20.9. The van der Waals surface area contributed by atoms with Crippen molar-refractivity contribution in [3.05, 3.63) is 95.3 Å². The first-order valence-electron chi connectivity index (χ1n) is 10.0. The fourth-order valence-corrected chi connectivity index (χ4v) is 3.00. The summed E-state index contributed by atoms with van der Waals surface area (Å²) in [6, 6.07) is 22.0. The number of hydrogen-bond donors (Lipinski definition) is 3.